The van der Waals surface area contributed by atoms with Gasteiger partial charge >= 0.3 is 0 Å². The molecule has 4 heteroatoms. The van der Waals surface area contributed by atoms with Gasteiger partial charge in [-0.3, -0.25) is 0 Å². The molecule has 0 spiro atoms. The van der Waals surface area contributed by atoms with Gasteiger partial charge < -0.3 is 18.9 Å². The Balaban J connectivity index is 3.67. The van der Waals surface area contributed by atoms with Crippen LogP contribution in [0.15, 0.2) is 0 Å². The zero-order valence-corrected chi connectivity index (χ0v) is 8.91. The molecule has 0 N–H and O–H groups in total. The van der Waals surface area contributed by atoms with Crippen molar-refractivity contribution in [3.63, 3.8) is 0 Å². The van der Waals surface area contributed by atoms with Crippen molar-refractivity contribution in [2.75, 3.05) is 27.9 Å². The van der Waals surface area contributed by atoms with Gasteiger partial charge in [0.2, 0.25) is 0 Å². The molecule has 0 radical (unpaired) electrons. The van der Waals surface area contributed by atoms with Crippen molar-refractivity contribution in [1.82, 2.24) is 0 Å². The molecule has 0 amide bonds. The summed E-state index contributed by atoms with van der Waals surface area (Å²) in [5.74, 6) is 0. The predicted octanol–water partition coefficient (Wildman–Crippen LogP) is 1.39. The maximum atomic E-state index is 5.39. The molecule has 0 aliphatic heterocycles. The lowest BCUT2D eigenvalue weighted by Crippen LogP contribution is -2.25. The standard InChI is InChI=1S/C9H20O4/c1-5-6-13-9(12-4)7-8(10-2)11-3/h8-9H,5-7H2,1-4H3. The van der Waals surface area contributed by atoms with E-state index < -0.39 is 0 Å². The highest BCUT2D eigenvalue weighted by Crippen LogP contribution is 2.07. The monoisotopic (exact) mass is 192 g/mol. The fourth-order valence-corrected chi connectivity index (χ4v) is 0.927. The molecule has 0 aromatic heterocycles. The summed E-state index contributed by atoms with van der Waals surface area (Å²) in [6.45, 7) is 2.75. The van der Waals surface area contributed by atoms with Crippen LogP contribution in [0.2, 0.25) is 0 Å². The maximum absolute atomic E-state index is 5.39. The van der Waals surface area contributed by atoms with Crippen LogP contribution >= 0.6 is 0 Å². The highest BCUT2D eigenvalue weighted by atomic mass is 16.7. The molecule has 0 aromatic rings. The van der Waals surface area contributed by atoms with Crippen molar-refractivity contribution in [1.29, 1.82) is 0 Å². The van der Waals surface area contributed by atoms with Gasteiger partial charge in [-0.2, -0.15) is 0 Å². The molecule has 0 saturated heterocycles. The Morgan fingerprint density at radius 1 is 0.923 bits per heavy atom. The van der Waals surface area contributed by atoms with Crippen LogP contribution in [-0.2, 0) is 18.9 Å². The molecule has 1 unspecified atom stereocenters. The molecule has 0 aliphatic rings. The number of hydrogen-bond donors (Lipinski definition) is 0. The summed E-state index contributed by atoms with van der Waals surface area (Å²) in [4.78, 5) is 0. The van der Waals surface area contributed by atoms with Crippen molar-refractivity contribution >= 4 is 0 Å². The van der Waals surface area contributed by atoms with Gasteiger partial charge in [0.1, 0.15) is 0 Å². The van der Waals surface area contributed by atoms with Crippen molar-refractivity contribution in [3.8, 4) is 0 Å². The van der Waals surface area contributed by atoms with Crippen LogP contribution in [0.3, 0.4) is 0 Å². The summed E-state index contributed by atoms with van der Waals surface area (Å²) in [5, 5.41) is 0. The first-order chi connectivity index (χ1) is 6.28. The van der Waals surface area contributed by atoms with E-state index >= 15 is 0 Å². The van der Waals surface area contributed by atoms with E-state index in [4.69, 9.17) is 18.9 Å². The first-order valence-electron chi connectivity index (χ1n) is 4.48. The first kappa shape index (κ1) is 12.8. The molecule has 4 nitrogen and oxygen atoms in total. The molecular weight excluding hydrogens is 172 g/mol. The predicted molar refractivity (Wildman–Crippen MR) is 49.5 cm³/mol. The highest BCUT2D eigenvalue weighted by Gasteiger charge is 2.14. The van der Waals surface area contributed by atoms with Crippen LogP contribution < -0.4 is 0 Å². The van der Waals surface area contributed by atoms with E-state index in [0.717, 1.165) is 6.42 Å². The molecule has 1 atom stereocenters. The zero-order chi connectivity index (χ0) is 10.1. The van der Waals surface area contributed by atoms with Gasteiger partial charge in [-0.15, -0.1) is 0 Å². The van der Waals surface area contributed by atoms with Crippen molar-refractivity contribution in [2.45, 2.75) is 32.3 Å². The third-order valence-electron chi connectivity index (χ3n) is 1.68. The van der Waals surface area contributed by atoms with Crippen LogP contribution in [-0.4, -0.2) is 40.5 Å². The normalized spacial score (nSPS) is 13.6. The highest BCUT2D eigenvalue weighted by molar-refractivity contribution is 4.49. The second kappa shape index (κ2) is 8.44. The van der Waals surface area contributed by atoms with Crippen molar-refractivity contribution in [3.05, 3.63) is 0 Å². The Morgan fingerprint density at radius 2 is 1.46 bits per heavy atom. The lowest BCUT2D eigenvalue weighted by Gasteiger charge is -2.20. The Bertz CT molecular complexity index is 104. The molecular formula is C9H20O4. The minimum Gasteiger partial charge on any atom is -0.356 e. The van der Waals surface area contributed by atoms with E-state index in [1.807, 2.05) is 0 Å². The fraction of sp³-hybridized carbons (Fsp3) is 1.00. The number of methoxy groups -OCH3 is 3. The van der Waals surface area contributed by atoms with Crippen molar-refractivity contribution < 1.29 is 18.9 Å². The molecule has 80 valence electrons. The topological polar surface area (TPSA) is 36.9 Å². The second-order valence-corrected chi connectivity index (χ2v) is 2.67. The van der Waals surface area contributed by atoms with E-state index in [-0.39, 0.29) is 12.6 Å². The van der Waals surface area contributed by atoms with Gasteiger partial charge in [0.15, 0.2) is 12.6 Å². The molecule has 0 bridgehead atoms. The van der Waals surface area contributed by atoms with Crippen LogP contribution in [0, 0.1) is 0 Å². The lowest BCUT2D eigenvalue weighted by molar-refractivity contribution is -0.188. The SMILES string of the molecule is CCCOC(CC(OC)OC)OC. The Labute approximate surface area is 80.1 Å². The van der Waals surface area contributed by atoms with Gasteiger partial charge in [0.25, 0.3) is 0 Å². The summed E-state index contributed by atoms with van der Waals surface area (Å²) >= 11 is 0. The van der Waals surface area contributed by atoms with Gasteiger partial charge in [-0.05, 0) is 6.42 Å². The molecule has 0 aromatic carbocycles. The fourth-order valence-electron chi connectivity index (χ4n) is 0.927. The van der Waals surface area contributed by atoms with Crippen LogP contribution in [0.5, 0.6) is 0 Å². The molecule has 0 saturated carbocycles. The molecule has 0 fully saturated rings. The van der Waals surface area contributed by atoms with E-state index in [1.165, 1.54) is 0 Å². The minimum atomic E-state index is -0.262. The maximum Gasteiger partial charge on any atom is 0.162 e. The summed E-state index contributed by atoms with van der Waals surface area (Å²) in [7, 11) is 4.81. The van der Waals surface area contributed by atoms with Crippen LogP contribution in [0.1, 0.15) is 19.8 Å². The lowest BCUT2D eigenvalue weighted by atomic mass is 10.4. The van der Waals surface area contributed by atoms with Crippen LogP contribution in [0.4, 0.5) is 0 Å². The molecule has 13 heavy (non-hydrogen) atoms. The van der Waals surface area contributed by atoms with E-state index in [2.05, 4.69) is 6.92 Å². The average molecular weight is 192 g/mol. The molecule has 0 aliphatic carbocycles. The third kappa shape index (κ3) is 5.99. The van der Waals surface area contributed by atoms with E-state index in [0.29, 0.717) is 13.0 Å². The Kier molecular flexibility index (Phi) is 8.33. The van der Waals surface area contributed by atoms with Gasteiger partial charge in [0, 0.05) is 34.4 Å². The van der Waals surface area contributed by atoms with Gasteiger partial charge in [-0.25, -0.2) is 0 Å². The number of rotatable bonds is 8. The Morgan fingerprint density at radius 3 is 1.85 bits per heavy atom. The summed E-state index contributed by atoms with van der Waals surface area (Å²) in [5.41, 5.74) is 0. The summed E-state index contributed by atoms with van der Waals surface area (Å²) < 4.78 is 20.6. The second-order valence-electron chi connectivity index (χ2n) is 2.67. The largest absolute Gasteiger partial charge is 0.356 e. The van der Waals surface area contributed by atoms with E-state index in [9.17, 15) is 0 Å². The van der Waals surface area contributed by atoms with E-state index in [1.54, 1.807) is 21.3 Å². The average Bonchev–Trinajstić information content (AvgIpc) is 2.19. The zero-order valence-electron chi connectivity index (χ0n) is 8.91. The molecule has 0 heterocycles. The molecule has 0 rings (SSSR count). The number of hydrogen-bond acceptors (Lipinski definition) is 4. The summed E-state index contributed by atoms with van der Waals surface area (Å²) in [6, 6.07) is 0. The smallest absolute Gasteiger partial charge is 0.162 e. The van der Waals surface area contributed by atoms with Gasteiger partial charge in [-0.1, -0.05) is 6.92 Å². The number of ether oxygens (including phenoxy) is 4. The summed E-state index contributed by atoms with van der Waals surface area (Å²) in [6.07, 6.45) is 1.06. The van der Waals surface area contributed by atoms with Crippen molar-refractivity contribution in [2.24, 2.45) is 0 Å². The third-order valence-corrected chi connectivity index (χ3v) is 1.68. The Hall–Kier alpha value is -0.160. The quantitative estimate of drug-likeness (QED) is 0.545. The van der Waals surface area contributed by atoms with Crippen LogP contribution in [0.25, 0.3) is 0 Å². The first-order valence-corrected chi connectivity index (χ1v) is 4.48. The van der Waals surface area contributed by atoms with Gasteiger partial charge in [0.05, 0.1) is 0 Å². The minimum absolute atomic E-state index is 0.246.